The van der Waals surface area contributed by atoms with Crippen LogP contribution in [0.15, 0.2) is 35.3 Å². The number of allylic oxidation sites excluding steroid dienone is 1. The van der Waals surface area contributed by atoms with Crippen LogP contribution in [0.3, 0.4) is 0 Å². The maximum Gasteiger partial charge on any atom is 0.126 e. The molecule has 2 nitrogen and oxygen atoms in total. The van der Waals surface area contributed by atoms with Crippen LogP contribution in [0.4, 0.5) is 0 Å². The first kappa shape index (κ1) is 15.3. The van der Waals surface area contributed by atoms with Crippen molar-refractivity contribution < 1.29 is 9.84 Å². The normalized spacial score (nSPS) is 12.2. The molecule has 1 rings (SSSR count). The molecule has 0 saturated heterocycles. The Bertz CT molecular complexity index is 375. The number of aliphatic hydroxyl groups excluding tert-OH is 1. The third-order valence-electron chi connectivity index (χ3n) is 2.74. The summed E-state index contributed by atoms with van der Waals surface area (Å²) in [6, 6.07) is 5.71. The van der Waals surface area contributed by atoms with Crippen molar-refractivity contribution >= 4 is 15.9 Å². The van der Waals surface area contributed by atoms with Crippen molar-refractivity contribution in [3.8, 4) is 5.75 Å². The van der Waals surface area contributed by atoms with Gasteiger partial charge in [-0.05, 0) is 44.7 Å². The van der Waals surface area contributed by atoms with E-state index in [1.54, 1.807) is 6.92 Å². The number of ether oxygens (including phenoxy) is 1. The molecule has 0 spiro atoms. The van der Waals surface area contributed by atoms with Crippen molar-refractivity contribution in [1.82, 2.24) is 0 Å². The molecular weight excluding hydrogens is 292 g/mol. The molecule has 0 bridgehead atoms. The third kappa shape index (κ3) is 5.23. The second kappa shape index (κ2) is 8.33. The lowest BCUT2D eigenvalue weighted by atomic mass is 10.1. The second-order valence-corrected chi connectivity index (χ2v) is 5.26. The number of benzene rings is 1. The fraction of sp³-hybridized carbons (Fsp3) is 0.467. The molecule has 3 heteroatoms. The van der Waals surface area contributed by atoms with Crippen molar-refractivity contribution in [2.24, 2.45) is 0 Å². The molecule has 1 atom stereocenters. The molecule has 0 amide bonds. The topological polar surface area (TPSA) is 29.5 Å². The summed E-state index contributed by atoms with van der Waals surface area (Å²) >= 11 is 3.42. The van der Waals surface area contributed by atoms with Gasteiger partial charge in [0.2, 0.25) is 0 Å². The molecule has 1 aromatic rings. The fourth-order valence-electron chi connectivity index (χ4n) is 1.73. The summed E-state index contributed by atoms with van der Waals surface area (Å²) in [7, 11) is 0. The molecule has 0 aliphatic rings. The Morgan fingerprint density at radius 3 is 2.83 bits per heavy atom. The number of hydrogen-bond donors (Lipinski definition) is 1. The zero-order chi connectivity index (χ0) is 13.4. The Morgan fingerprint density at radius 2 is 2.17 bits per heavy atom. The Hall–Kier alpha value is -0.800. The maximum atomic E-state index is 9.66. The van der Waals surface area contributed by atoms with Gasteiger partial charge in [-0.25, -0.2) is 0 Å². The van der Waals surface area contributed by atoms with Crippen LogP contribution < -0.4 is 4.74 Å². The predicted molar refractivity (Wildman–Crippen MR) is 78.9 cm³/mol. The number of halogens is 1. The minimum atomic E-state index is -0.506. The summed E-state index contributed by atoms with van der Waals surface area (Å²) in [5, 5.41) is 9.66. The van der Waals surface area contributed by atoms with Crippen molar-refractivity contribution in [2.75, 3.05) is 6.61 Å². The highest BCUT2D eigenvalue weighted by Crippen LogP contribution is 2.28. The van der Waals surface area contributed by atoms with Crippen LogP contribution in [0.1, 0.15) is 44.3 Å². The molecule has 0 unspecified atom stereocenters. The van der Waals surface area contributed by atoms with Gasteiger partial charge in [0.05, 0.1) is 12.7 Å². The van der Waals surface area contributed by atoms with E-state index in [0.29, 0.717) is 6.61 Å². The summed E-state index contributed by atoms with van der Waals surface area (Å²) < 4.78 is 6.71. The number of hydrogen-bond acceptors (Lipinski definition) is 2. The first-order valence-corrected chi connectivity index (χ1v) is 7.15. The molecule has 1 N–H and O–H groups in total. The van der Waals surface area contributed by atoms with Crippen LogP contribution in [0.25, 0.3) is 0 Å². The highest BCUT2D eigenvalue weighted by Gasteiger charge is 2.09. The molecule has 0 aromatic heterocycles. The van der Waals surface area contributed by atoms with Gasteiger partial charge < -0.3 is 9.84 Å². The van der Waals surface area contributed by atoms with Gasteiger partial charge in [-0.1, -0.05) is 28.1 Å². The Kier molecular flexibility index (Phi) is 7.06. The monoisotopic (exact) mass is 312 g/mol. The van der Waals surface area contributed by atoms with Crippen LogP contribution in [-0.4, -0.2) is 11.7 Å². The third-order valence-corrected chi connectivity index (χ3v) is 3.23. The van der Waals surface area contributed by atoms with E-state index in [-0.39, 0.29) is 0 Å². The maximum absolute atomic E-state index is 9.66. The van der Waals surface area contributed by atoms with Crippen LogP contribution >= 0.6 is 15.9 Å². The molecule has 0 saturated carbocycles. The van der Waals surface area contributed by atoms with Crippen molar-refractivity contribution in [3.05, 3.63) is 40.9 Å². The molecule has 18 heavy (non-hydrogen) atoms. The van der Waals surface area contributed by atoms with Gasteiger partial charge in [-0.15, -0.1) is 6.58 Å². The van der Waals surface area contributed by atoms with Gasteiger partial charge in [0.15, 0.2) is 0 Å². The van der Waals surface area contributed by atoms with Gasteiger partial charge in [-0.3, -0.25) is 0 Å². The summed E-state index contributed by atoms with van der Waals surface area (Å²) in [5.41, 5.74) is 0.837. The summed E-state index contributed by atoms with van der Waals surface area (Å²) in [5.74, 6) is 0.767. The molecule has 0 aliphatic carbocycles. The molecule has 0 aliphatic heterocycles. The predicted octanol–water partition coefficient (Wildman–Crippen LogP) is 4.63. The highest BCUT2D eigenvalue weighted by atomic mass is 79.9. The van der Waals surface area contributed by atoms with E-state index in [1.807, 2.05) is 24.3 Å². The van der Waals surface area contributed by atoms with Crippen molar-refractivity contribution in [3.63, 3.8) is 0 Å². The molecule has 0 fully saturated rings. The Balaban J connectivity index is 2.45. The van der Waals surface area contributed by atoms with E-state index in [2.05, 4.69) is 22.5 Å². The van der Waals surface area contributed by atoms with E-state index >= 15 is 0 Å². The van der Waals surface area contributed by atoms with Gasteiger partial charge in [0.25, 0.3) is 0 Å². The lowest BCUT2D eigenvalue weighted by Crippen LogP contribution is -2.02. The van der Waals surface area contributed by atoms with E-state index in [9.17, 15) is 5.11 Å². The van der Waals surface area contributed by atoms with Crippen molar-refractivity contribution in [2.45, 2.75) is 38.7 Å². The Labute approximate surface area is 118 Å². The highest BCUT2D eigenvalue weighted by molar-refractivity contribution is 9.10. The van der Waals surface area contributed by atoms with Gasteiger partial charge >= 0.3 is 0 Å². The first-order valence-electron chi connectivity index (χ1n) is 6.36. The smallest absolute Gasteiger partial charge is 0.126 e. The largest absolute Gasteiger partial charge is 0.493 e. The van der Waals surface area contributed by atoms with Gasteiger partial charge in [0.1, 0.15) is 5.75 Å². The average molecular weight is 313 g/mol. The van der Waals surface area contributed by atoms with E-state index in [1.165, 1.54) is 0 Å². The zero-order valence-electron chi connectivity index (χ0n) is 10.9. The van der Waals surface area contributed by atoms with Crippen LogP contribution in [0.2, 0.25) is 0 Å². The number of unbranched alkanes of at least 4 members (excludes halogenated alkanes) is 3. The van der Waals surface area contributed by atoms with Crippen LogP contribution in [-0.2, 0) is 0 Å². The van der Waals surface area contributed by atoms with E-state index < -0.39 is 6.10 Å². The molecular formula is C15H21BrO2. The molecule has 0 heterocycles. The van der Waals surface area contributed by atoms with E-state index in [0.717, 1.165) is 41.5 Å². The summed E-state index contributed by atoms with van der Waals surface area (Å²) in [6.07, 6.45) is 5.84. The zero-order valence-corrected chi connectivity index (χ0v) is 12.4. The Morgan fingerprint density at radius 1 is 1.39 bits per heavy atom. The van der Waals surface area contributed by atoms with Crippen LogP contribution in [0.5, 0.6) is 5.75 Å². The van der Waals surface area contributed by atoms with Crippen molar-refractivity contribution in [1.29, 1.82) is 0 Å². The minimum absolute atomic E-state index is 0.506. The summed E-state index contributed by atoms with van der Waals surface area (Å²) in [6.45, 7) is 6.14. The lowest BCUT2D eigenvalue weighted by molar-refractivity contribution is 0.190. The number of rotatable bonds is 8. The quantitative estimate of drug-likeness (QED) is 0.560. The molecule has 1 aromatic carbocycles. The SMILES string of the molecule is C=CCCCCCOc1cc(Br)ccc1[C@H](C)O. The van der Waals surface area contributed by atoms with Crippen LogP contribution in [0, 0.1) is 0 Å². The second-order valence-electron chi connectivity index (χ2n) is 4.34. The standard InChI is InChI=1S/C15H21BrO2/c1-3-4-5-6-7-10-18-15-11-13(16)8-9-14(15)12(2)17/h3,8-9,11-12,17H,1,4-7,10H2,2H3/t12-/m0/s1. The van der Waals surface area contributed by atoms with E-state index in [4.69, 9.17) is 4.74 Å². The minimum Gasteiger partial charge on any atom is -0.493 e. The van der Waals surface area contributed by atoms with Gasteiger partial charge in [-0.2, -0.15) is 0 Å². The summed E-state index contributed by atoms with van der Waals surface area (Å²) in [4.78, 5) is 0. The molecule has 0 radical (unpaired) electrons. The first-order chi connectivity index (χ1) is 8.65. The number of aliphatic hydroxyl groups is 1. The fourth-order valence-corrected chi connectivity index (χ4v) is 2.07. The van der Waals surface area contributed by atoms with Gasteiger partial charge in [0, 0.05) is 10.0 Å². The average Bonchev–Trinajstić information content (AvgIpc) is 2.33. The lowest BCUT2D eigenvalue weighted by Gasteiger charge is -2.13. The molecule has 100 valence electrons.